The Labute approximate surface area is 135 Å². The van der Waals surface area contributed by atoms with Crippen molar-refractivity contribution >= 4 is 27.4 Å². The Morgan fingerprint density at radius 1 is 0.810 bits per heavy atom. The molecule has 0 saturated carbocycles. The second-order valence-corrected chi connectivity index (χ2v) is 12.4. The van der Waals surface area contributed by atoms with E-state index < -0.39 is 7.14 Å². The van der Waals surface area contributed by atoms with Crippen LogP contribution in [0.25, 0.3) is 0 Å². The number of allylic oxidation sites excluding steroid dienone is 2. The van der Waals surface area contributed by atoms with Crippen LogP contribution in [0.3, 0.4) is 0 Å². The molecule has 1 aromatic rings. The average Bonchev–Trinajstić information content (AvgIpc) is 2.37. The van der Waals surface area contributed by atoms with Gasteiger partial charge in [0.05, 0.1) is 0 Å². The Hall–Kier alpha value is -0.551. The van der Waals surface area contributed by atoms with Crippen LogP contribution in [0.1, 0.15) is 41.5 Å². The fraction of sp³-hybridized carbons (Fsp3) is 0.444. The first kappa shape index (κ1) is 16.8. The summed E-state index contributed by atoms with van der Waals surface area (Å²) < 4.78 is 16.3. The molecule has 114 valence electrons. The molecule has 0 saturated heterocycles. The molecule has 0 unspecified atom stereocenters. The van der Waals surface area contributed by atoms with Gasteiger partial charge in [0.2, 0.25) is 0 Å². The molecule has 0 N–H and O–H groups in total. The first-order valence-electron chi connectivity index (χ1n) is 7.32. The maximum absolute atomic E-state index is 13.6. The molecule has 1 heterocycles. The molecule has 0 fully saturated rings. The Morgan fingerprint density at radius 2 is 1.24 bits per heavy atom. The van der Waals surface area contributed by atoms with Crippen molar-refractivity contribution in [1.29, 1.82) is 0 Å². The van der Waals surface area contributed by atoms with Crippen LogP contribution in [0.15, 0.2) is 50.9 Å². The monoisotopic (exact) mass is 368 g/mol. The van der Waals surface area contributed by atoms with Gasteiger partial charge in [-0.15, -0.1) is 0 Å². The molecule has 1 nitrogen and oxygen atoms in total. The topological polar surface area (TPSA) is 17.1 Å². The van der Waals surface area contributed by atoms with E-state index in [0.717, 1.165) is 5.30 Å². The van der Waals surface area contributed by atoms with Crippen LogP contribution in [-0.2, 0) is 4.57 Å². The fourth-order valence-corrected chi connectivity index (χ4v) is 9.06. The number of hydrogen-bond donors (Lipinski definition) is 0. The molecule has 0 spiro atoms. The Morgan fingerprint density at radius 3 is 1.62 bits per heavy atom. The van der Waals surface area contributed by atoms with Crippen molar-refractivity contribution in [3.05, 3.63) is 50.9 Å². The third-order valence-electron chi connectivity index (χ3n) is 3.48. The van der Waals surface area contributed by atoms with Gasteiger partial charge in [-0.2, -0.15) is 0 Å². The Bertz CT molecular complexity index is 593. The molecule has 2 rings (SSSR count). The van der Waals surface area contributed by atoms with Crippen LogP contribution < -0.4 is 5.30 Å². The quantitative estimate of drug-likeness (QED) is 0.495. The van der Waals surface area contributed by atoms with Crippen molar-refractivity contribution in [3.8, 4) is 0 Å². The minimum absolute atomic E-state index is 0.0786. The number of hydrogen-bond acceptors (Lipinski definition) is 1. The van der Waals surface area contributed by atoms with Crippen molar-refractivity contribution < 1.29 is 4.57 Å². The summed E-state index contributed by atoms with van der Waals surface area (Å²) in [4.78, 5) is 0. The summed E-state index contributed by atoms with van der Waals surface area (Å²) >= 11 is 0.291. The predicted octanol–water partition coefficient (Wildman–Crippen LogP) is 5.17. The second-order valence-electron chi connectivity index (χ2n) is 7.63. The van der Waals surface area contributed by atoms with E-state index in [1.807, 2.05) is 30.3 Å². The summed E-state index contributed by atoms with van der Waals surface area (Å²) in [7, 11) is -2.58. The molecule has 1 aliphatic rings. The van der Waals surface area contributed by atoms with E-state index >= 15 is 0 Å². The van der Waals surface area contributed by atoms with E-state index in [2.05, 4.69) is 53.2 Å². The van der Waals surface area contributed by atoms with E-state index in [9.17, 15) is 4.57 Å². The van der Waals surface area contributed by atoms with Crippen LogP contribution in [0, 0.1) is 10.8 Å². The third kappa shape index (κ3) is 3.81. The zero-order chi connectivity index (χ0) is 15.9. The van der Waals surface area contributed by atoms with E-state index in [1.54, 1.807) is 0 Å². The standard InChI is InChI=1S/C18H25OPSe/c1-17(2,3)15-12-20(19,14-10-8-7-9-11-14)13-16(21-15)18(4,5)6/h7-13H,1-6H3. The predicted molar refractivity (Wildman–Crippen MR) is 94.5 cm³/mol. The van der Waals surface area contributed by atoms with Gasteiger partial charge in [-0.25, -0.2) is 0 Å². The van der Waals surface area contributed by atoms with Crippen LogP contribution in [0.4, 0.5) is 0 Å². The molecule has 0 radical (unpaired) electrons. The average molecular weight is 367 g/mol. The molecule has 21 heavy (non-hydrogen) atoms. The molecular formula is C18H25OPSe. The summed E-state index contributed by atoms with van der Waals surface area (Å²) in [5, 5.41) is 0.948. The van der Waals surface area contributed by atoms with Crippen molar-refractivity contribution in [2.75, 3.05) is 0 Å². The molecule has 1 aromatic carbocycles. The molecule has 0 amide bonds. The Kier molecular flexibility index (Phi) is 4.47. The van der Waals surface area contributed by atoms with E-state index in [-0.39, 0.29) is 10.8 Å². The second kappa shape index (κ2) is 5.58. The zero-order valence-corrected chi connectivity index (χ0v) is 16.4. The fourth-order valence-electron chi connectivity index (χ4n) is 2.06. The number of rotatable bonds is 1. The van der Waals surface area contributed by atoms with Gasteiger partial charge in [0.15, 0.2) is 0 Å². The summed E-state index contributed by atoms with van der Waals surface area (Å²) in [5.41, 5.74) is 0.157. The van der Waals surface area contributed by atoms with Gasteiger partial charge in [-0.3, -0.25) is 0 Å². The normalized spacial score (nSPS) is 19.0. The van der Waals surface area contributed by atoms with E-state index in [1.165, 1.54) is 8.94 Å². The molecular weight excluding hydrogens is 342 g/mol. The van der Waals surface area contributed by atoms with E-state index in [4.69, 9.17) is 0 Å². The third-order valence-corrected chi connectivity index (χ3v) is 10.6. The summed E-state index contributed by atoms with van der Waals surface area (Å²) in [6.45, 7) is 13.3. The number of benzene rings is 1. The van der Waals surface area contributed by atoms with Gasteiger partial charge in [0, 0.05) is 0 Å². The van der Waals surface area contributed by atoms with Crippen molar-refractivity contribution in [2.24, 2.45) is 10.8 Å². The van der Waals surface area contributed by atoms with Gasteiger partial charge in [0.1, 0.15) is 0 Å². The van der Waals surface area contributed by atoms with E-state index in [0.29, 0.717) is 15.0 Å². The molecule has 3 heteroatoms. The first-order chi connectivity index (χ1) is 9.52. The summed E-state index contributed by atoms with van der Waals surface area (Å²) in [6, 6.07) is 9.92. The van der Waals surface area contributed by atoms with Crippen LogP contribution in [-0.4, -0.2) is 15.0 Å². The zero-order valence-electron chi connectivity index (χ0n) is 13.8. The summed E-state index contributed by atoms with van der Waals surface area (Å²) in [6.07, 6.45) is 0. The first-order valence-corrected chi connectivity index (χ1v) is 10.9. The SMILES string of the molecule is CC(C)(C)C1=CP(=O)(c2ccccc2)C=C(C(C)(C)C)[Se]1. The molecule has 1 aliphatic heterocycles. The van der Waals surface area contributed by atoms with Crippen molar-refractivity contribution in [1.82, 2.24) is 0 Å². The van der Waals surface area contributed by atoms with Crippen molar-refractivity contribution in [3.63, 3.8) is 0 Å². The van der Waals surface area contributed by atoms with Gasteiger partial charge >= 0.3 is 135 Å². The molecule has 0 bridgehead atoms. The van der Waals surface area contributed by atoms with Gasteiger partial charge in [-0.1, -0.05) is 0 Å². The molecule has 0 aromatic heterocycles. The van der Waals surface area contributed by atoms with Gasteiger partial charge in [-0.05, 0) is 0 Å². The molecule has 0 atom stereocenters. The Balaban J connectivity index is 2.61. The van der Waals surface area contributed by atoms with Crippen LogP contribution in [0.2, 0.25) is 0 Å². The van der Waals surface area contributed by atoms with Crippen LogP contribution in [0.5, 0.6) is 0 Å². The molecule has 0 aliphatic carbocycles. The maximum atomic E-state index is 13.6. The van der Waals surface area contributed by atoms with Gasteiger partial charge < -0.3 is 0 Å². The van der Waals surface area contributed by atoms with Gasteiger partial charge in [0.25, 0.3) is 0 Å². The van der Waals surface area contributed by atoms with Crippen molar-refractivity contribution in [2.45, 2.75) is 41.5 Å². The van der Waals surface area contributed by atoms with Crippen LogP contribution >= 0.6 is 7.14 Å². The summed E-state index contributed by atoms with van der Waals surface area (Å²) in [5.74, 6) is 4.16. The minimum atomic E-state index is -2.58.